The topological polar surface area (TPSA) is 117 Å². The standard InChI is InChI=1S/C30H31F2N5O3/c1-17(24-14-23(33)9-6-19(24)5-4-18-2-3-18)35-30(40)27-13-22(32)16-37(27)28(38)15-34-29(39)26-10-7-20-12-21(31)8-11-25(20)36-26/h4-12,14,17-18,22,27H,2-3,13,15-16,33H2,1H3,(H,34,39)(H,35,40)/b5-4+/t17-,22+,27-/m0/s1. The number of nitrogen functional groups attached to an aromatic ring is 1. The van der Waals surface area contributed by atoms with E-state index in [4.69, 9.17) is 5.73 Å². The number of likely N-dealkylation sites (tertiary alicyclic amines) is 1. The van der Waals surface area contributed by atoms with Gasteiger partial charge in [-0.3, -0.25) is 14.4 Å². The molecule has 0 spiro atoms. The van der Waals surface area contributed by atoms with Crippen molar-refractivity contribution in [2.45, 2.75) is 44.4 Å². The van der Waals surface area contributed by atoms with E-state index < -0.39 is 48.3 Å². The Labute approximate surface area is 230 Å². The maximum Gasteiger partial charge on any atom is 0.270 e. The number of nitrogens with zero attached hydrogens (tertiary/aromatic N) is 2. The van der Waals surface area contributed by atoms with Gasteiger partial charge in [0.2, 0.25) is 11.8 Å². The molecule has 3 amide bonds. The van der Waals surface area contributed by atoms with E-state index in [2.05, 4.69) is 21.7 Å². The lowest BCUT2D eigenvalue weighted by molar-refractivity contribution is -0.138. The van der Waals surface area contributed by atoms with Crippen LogP contribution in [0.15, 0.2) is 54.6 Å². The van der Waals surface area contributed by atoms with Gasteiger partial charge in [0.15, 0.2) is 0 Å². The molecule has 1 aliphatic heterocycles. The van der Waals surface area contributed by atoms with E-state index >= 15 is 0 Å². The van der Waals surface area contributed by atoms with E-state index in [1.54, 1.807) is 18.2 Å². The third kappa shape index (κ3) is 6.27. The first-order valence-electron chi connectivity index (χ1n) is 13.3. The molecule has 2 aromatic carbocycles. The molecule has 1 saturated heterocycles. The molecule has 1 aliphatic carbocycles. The number of hydrogen-bond acceptors (Lipinski definition) is 5. The third-order valence-electron chi connectivity index (χ3n) is 7.26. The van der Waals surface area contributed by atoms with Crippen molar-refractivity contribution in [2.24, 2.45) is 5.92 Å². The fourth-order valence-corrected chi connectivity index (χ4v) is 4.92. The van der Waals surface area contributed by atoms with Gasteiger partial charge in [0, 0.05) is 17.5 Å². The van der Waals surface area contributed by atoms with Crippen molar-refractivity contribution in [1.82, 2.24) is 20.5 Å². The Morgan fingerprint density at radius 2 is 1.95 bits per heavy atom. The zero-order valence-electron chi connectivity index (χ0n) is 22.1. The first-order valence-corrected chi connectivity index (χ1v) is 13.3. The van der Waals surface area contributed by atoms with E-state index in [-0.39, 0.29) is 18.7 Å². The smallest absolute Gasteiger partial charge is 0.270 e. The monoisotopic (exact) mass is 547 g/mol. The summed E-state index contributed by atoms with van der Waals surface area (Å²) in [6.45, 7) is 1.15. The predicted octanol–water partition coefficient (Wildman–Crippen LogP) is 3.93. The van der Waals surface area contributed by atoms with E-state index in [1.165, 1.54) is 37.1 Å². The molecule has 1 aromatic heterocycles. The number of pyridine rings is 1. The molecule has 2 aliphatic rings. The Morgan fingerprint density at radius 1 is 1.15 bits per heavy atom. The van der Waals surface area contributed by atoms with Crippen LogP contribution < -0.4 is 16.4 Å². The number of halogens is 2. The number of anilines is 1. The summed E-state index contributed by atoms with van der Waals surface area (Å²) in [6, 6.07) is 11.1. The number of carbonyl (C=O) groups excluding carboxylic acids is 3. The number of fused-ring (bicyclic) bond motifs is 1. The maximum atomic E-state index is 14.4. The van der Waals surface area contributed by atoms with Crippen molar-refractivity contribution in [1.29, 1.82) is 0 Å². The van der Waals surface area contributed by atoms with Crippen LogP contribution in [0.5, 0.6) is 0 Å². The van der Waals surface area contributed by atoms with Gasteiger partial charge in [0.25, 0.3) is 5.91 Å². The Bertz CT molecular complexity index is 1490. The first kappa shape index (κ1) is 27.2. The summed E-state index contributed by atoms with van der Waals surface area (Å²) in [7, 11) is 0. The lowest BCUT2D eigenvalue weighted by Gasteiger charge is -2.26. The van der Waals surface area contributed by atoms with Crippen LogP contribution in [-0.2, 0) is 9.59 Å². The number of allylic oxidation sites excluding steroid dienone is 1. The van der Waals surface area contributed by atoms with Crippen LogP contribution in [0.1, 0.15) is 53.8 Å². The molecule has 3 atom stereocenters. The number of carbonyl (C=O) groups is 3. The molecule has 4 N–H and O–H groups in total. The summed E-state index contributed by atoms with van der Waals surface area (Å²) in [5.41, 5.74) is 8.81. The molecule has 2 heterocycles. The highest BCUT2D eigenvalue weighted by Gasteiger charge is 2.40. The zero-order chi connectivity index (χ0) is 28.4. The van der Waals surface area contributed by atoms with Crippen molar-refractivity contribution in [3.63, 3.8) is 0 Å². The minimum absolute atomic E-state index is 0.0495. The summed E-state index contributed by atoms with van der Waals surface area (Å²) in [5.74, 6) is -1.51. The summed E-state index contributed by atoms with van der Waals surface area (Å²) >= 11 is 0. The zero-order valence-corrected chi connectivity index (χ0v) is 22.1. The highest BCUT2D eigenvalue weighted by atomic mass is 19.1. The van der Waals surface area contributed by atoms with Crippen LogP contribution in [0.2, 0.25) is 0 Å². The van der Waals surface area contributed by atoms with E-state index in [9.17, 15) is 23.2 Å². The minimum atomic E-state index is -1.36. The van der Waals surface area contributed by atoms with E-state index in [1.807, 2.05) is 19.1 Å². The Morgan fingerprint density at radius 3 is 2.73 bits per heavy atom. The van der Waals surface area contributed by atoms with Gasteiger partial charge in [-0.15, -0.1) is 0 Å². The van der Waals surface area contributed by atoms with Gasteiger partial charge in [-0.25, -0.2) is 13.8 Å². The fourth-order valence-electron chi connectivity index (χ4n) is 4.92. The van der Waals surface area contributed by atoms with Gasteiger partial charge in [-0.1, -0.05) is 24.3 Å². The largest absolute Gasteiger partial charge is 0.399 e. The first-order chi connectivity index (χ1) is 19.2. The normalized spacial score (nSPS) is 19.6. The SMILES string of the molecule is C[C@H](NC(=O)[C@@H]1C[C@@H](F)CN1C(=O)CNC(=O)c1ccc2cc(F)ccc2n1)c1cc(N)ccc1/C=C/C1CC1. The quantitative estimate of drug-likeness (QED) is 0.370. The Hall–Kier alpha value is -4.34. The van der Waals surface area contributed by atoms with Gasteiger partial charge >= 0.3 is 0 Å². The van der Waals surface area contributed by atoms with Crippen molar-refractivity contribution < 1.29 is 23.2 Å². The van der Waals surface area contributed by atoms with Crippen LogP contribution in [0.3, 0.4) is 0 Å². The predicted molar refractivity (Wildman–Crippen MR) is 148 cm³/mol. The summed E-state index contributed by atoms with van der Waals surface area (Å²) in [4.78, 5) is 44.2. The average Bonchev–Trinajstić information content (AvgIpc) is 3.68. The van der Waals surface area contributed by atoms with Crippen LogP contribution in [0.25, 0.3) is 17.0 Å². The lowest BCUT2D eigenvalue weighted by Crippen LogP contribution is -2.49. The van der Waals surface area contributed by atoms with Crippen LogP contribution in [0, 0.1) is 11.7 Å². The second-order valence-electron chi connectivity index (χ2n) is 10.4. The molecule has 0 radical (unpaired) electrons. The van der Waals surface area contributed by atoms with Crippen LogP contribution in [-0.4, -0.2) is 52.9 Å². The number of benzene rings is 2. The molecular weight excluding hydrogens is 516 g/mol. The number of nitrogens with one attached hydrogen (secondary N) is 2. The molecule has 8 nitrogen and oxygen atoms in total. The molecule has 3 aromatic rings. The van der Waals surface area contributed by atoms with Crippen molar-refractivity contribution in [2.75, 3.05) is 18.8 Å². The molecule has 0 bridgehead atoms. The van der Waals surface area contributed by atoms with Crippen LogP contribution in [0.4, 0.5) is 14.5 Å². The molecule has 2 fully saturated rings. The fraction of sp³-hybridized carbons (Fsp3) is 0.333. The lowest BCUT2D eigenvalue weighted by atomic mass is 9.99. The van der Waals surface area contributed by atoms with Gasteiger partial charge in [-0.05, 0) is 73.2 Å². The molecule has 1 saturated carbocycles. The number of aromatic nitrogens is 1. The maximum absolute atomic E-state index is 14.4. The molecular formula is C30H31F2N5O3. The minimum Gasteiger partial charge on any atom is -0.399 e. The molecule has 5 rings (SSSR count). The second-order valence-corrected chi connectivity index (χ2v) is 10.4. The van der Waals surface area contributed by atoms with Gasteiger partial charge in [-0.2, -0.15) is 0 Å². The summed E-state index contributed by atoms with van der Waals surface area (Å²) in [5, 5.41) is 5.94. The highest BCUT2D eigenvalue weighted by molar-refractivity contribution is 5.97. The third-order valence-corrected chi connectivity index (χ3v) is 7.26. The number of hydrogen-bond donors (Lipinski definition) is 3. The van der Waals surface area contributed by atoms with Gasteiger partial charge in [0.1, 0.15) is 23.7 Å². The van der Waals surface area contributed by atoms with E-state index in [0.29, 0.717) is 22.5 Å². The van der Waals surface area contributed by atoms with Crippen molar-refractivity contribution in [3.05, 3.63) is 77.2 Å². The molecule has 40 heavy (non-hydrogen) atoms. The number of amides is 3. The molecule has 0 unspecified atom stereocenters. The highest BCUT2D eigenvalue weighted by Crippen LogP contribution is 2.32. The molecule has 208 valence electrons. The van der Waals surface area contributed by atoms with Crippen LogP contribution >= 0.6 is 0 Å². The number of nitrogens with two attached hydrogens (primary N) is 1. The summed E-state index contributed by atoms with van der Waals surface area (Å²) in [6.07, 6.45) is 5.02. The second kappa shape index (κ2) is 11.4. The van der Waals surface area contributed by atoms with Crippen molar-refractivity contribution >= 4 is 40.4 Å². The van der Waals surface area contributed by atoms with Crippen molar-refractivity contribution in [3.8, 4) is 0 Å². The Kier molecular flexibility index (Phi) is 7.77. The Balaban J connectivity index is 1.22. The summed E-state index contributed by atoms with van der Waals surface area (Å²) < 4.78 is 27.8. The van der Waals surface area contributed by atoms with Gasteiger partial charge in [0.05, 0.1) is 24.6 Å². The number of rotatable bonds is 8. The average molecular weight is 548 g/mol. The molecule has 10 heteroatoms. The van der Waals surface area contributed by atoms with E-state index in [0.717, 1.165) is 16.0 Å². The van der Waals surface area contributed by atoms with Gasteiger partial charge < -0.3 is 21.3 Å². The number of alkyl halides is 1.